The Balaban J connectivity index is 1.72. The summed E-state index contributed by atoms with van der Waals surface area (Å²) in [6.45, 7) is -0.281. The van der Waals surface area contributed by atoms with Crippen molar-refractivity contribution in [2.45, 2.75) is 24.5 Å². The number of methoxy groups -OCH3 is 1. The van der Waals surface area contributed by atoms with E-state index in [0.29, 0.717) is 17.1 Å². The maximum atomic E-state index is 10.6. The second-order valence-electron chi connectivity index (χ2n) is 6.19. The molecule has 0 spiro atoms. The Kier molecular flexibility index (Phi) is 4.62. The van der Waals surface area contributed by atoms with Crippen molar-refractivity contribution in [2.24, 2.45) is 0 Å². The van der Waals surface area contributed by atoms with Crippen LogP contribution >= 0.6 is 0 Å². The van der Waals surface area contributed by atoms with Gasteiger partial charge in [-0.15, -0.1) is 0 Å². The van der Waals surface area contributed by atoms with Crippen LogP contribution in [0.3, 0.4) is 0 Å². The number of ether oxygens (including phenoxy) is 2. The van der Waals surface area contributed by atoms with E-state index in [1.54, 1.807) is 4.57 Å². The van der Waals surface area contributed by atoms with Crippen LogP contribution in [-0.2, 0) is 9.47 Å². The minimum atomic E-state index is -1.01. The molecule has 4 rings (SSSR count). The van der Waals surface area contributed by atoms with Gasteiger partial charge in [0.05, 0.1) is 12.9 Å². The molecule has 142 valence electrons. The highest BCUT2D eigenvalue weighted by atomic mass is 16.6. The predicted octanol–water partition coefficient (Wildman–Crippen LogP) is 0.418. The van der Waals surface area contributed by atoms with Gasteiger partial charge in [-0.25, -0.2) is 4.98 Å². The van der Waals surface area contributed by atoms with Crippen molar-refractivity contribution >= 4 is 28.6 Å². The lowest BCUT2D eigenvalue weighted by Crippen LogP contribution is -2.35. The molecule has 0 bridgehead atoms. The fourth-order valence-corrected chi connectivity index (χ4v) is 3.22. The lowest BCUT2D eigenvalue weighted by Gasteiger charge is -2.18. The Hall–Kier alpha value is -2.79. The minimum Gasteiger partial charge on any atom is -0.394 e. The first-order valence-corrected chi connectivity index (χ1v) is 8.41. The molecule has 0 amide bonds. The average Bonchev–Trinajstić information content (AvgIpc) is 3.23. The molecule has 0 unspecified atom stereocenters. The summed E-state index contributed by atoms with van der Waals surface area (Å²) in [7, 11) is 1.45. The lowest BCUT2D eigenvalue weighted by molar-refractivity contribution is -0.0535. The van der Waals surface area contributed by atoms with E-state index >= 15 is 0 Å². The fraction of sp³-hybridized carbons (Fsp3) is 0.353. The molecule has 3 heterocycles. The van der Waals surface area contributed by atoms with E-state index in [2.05, 4.69) is 20.3 Å². The first-order chi connectivity index (χ1) is 13.1. The van der Waals surface area contributed by atoms with Gasteiger partial charge in [-0.2, -0.15) is 9.97 Å². The number of aliphatic hydroxyl groups excluding tert-OH is 2. The van der Waals surface area contributed by atoms with Gasteiger partial charge >= 0.3 is 0 Å². The quantitative estimate of drug-likeness (QED) is 0.501. The van der Waals surface area contributed by atoms with Crippen LogP contribution in [0, 0.1) is 0 Å². The van der Waals surface area contributed by atoms with Crippen molar-refractivity contribution < 1.29 is 19.7 Å². The molecule has 1 fully saturated rings. The molecule has 0 radical (unpaired) electrons. The number of nitrogens with two attached hydrogens (primary N) is 1. The van der Waals surface area contributed by atoms with Crippen LogP contribution in [0.5, 0.6) is 0 Å². The van der Waals surface area contributed by atoms with E-state index in [4.69, 9.17) is 15.2 Å². The zero-order valence-corrected chi connectivity index (χ0v) is 14.6. The number of nitrogens with zero attached hydrogens (tertiary/aromatic N) is 4. The molecular formula is C17H20N6O4. The highest BCUT2D eigenvalue weighted by Gasteiger charge is 2.45. The van der Waals surface area contributed by atoms with Gasteiger partial charge in [0.1, 0.15) is 23.8 Å². The van der Waals surface area contributed by atoms with Gasteiger partial charge in [-0.05, 0) is 12.1 Å². The summed E-state index contributed by atoms with van der Waals surface area (Å²) in [5.41, 5.74) is 7.63. The van der Waals surface area contributed by atoms with Crippen molar-refractivity contribution in [1.82, 2.24) is 19.5 Å². The highest BCUT2D eigenvalue weighted by molar-refractivity contribution is 5.83. The van der Waals surface area contributed by atoms with E-state index in [0.717, 1.165) is 5.69 Å². The van der Waals surface area contributed by atoms with E-state index in [-0.39, 0.29) is 12.4 Å². The third-order valence-electron chi connectivity index (χ3n) is 4.51. The molecule has 1 saturated heterocycles. The third kappa shape index (κ3) is 3.08. The predicted molar refractivity (Wildman–Crippen MR) is 97.3 cm³/mol. The Labute approximate surface area is 154 Å². The number of rotatable bonds is 5. The van der Waals surface area contributed by atoms with E-state index in [1.165, 1.54) is 13.4 Å². The molecule has 0 aliphatic carbocycles. The zero-order valence-electron chi connectivity index (χ0n) is 14.6. The highest BCUT2D eigenvalue weighted by Crippen LogP contribution is 2.33. The molecule has 1 aliphatic rings. The maximum Gasteiger partial charge on any atom is 0.231 e. The molecular weight excluding hydrogens is 352 g/mol. The normalized spacial score (nSPS) is 25.1. The Morgan fingerprint density at radius 2 is 2.07 bits per heavy atom. The summed E-state index contributed by atoms with van der Waals surface area (Å²) in [5, 5.41) is 23.1. The van der Waals surface area contributed by atoms with E-state index < -0.39 is 24.5 Å². The fourth-order valence-electron chi connectivity index (χ4n) is 3.22. The van der Waals surface area contributed by atoms with Gasteiger partial charge < -0.3 is 30.7 Å². The SMILES string of the molecule is CO[C@H]1[C@@H](O)[C@H](n2cnc3c(N)nc(Nc4ccccc4)nc32)O[C@@H]1CO. The first kappa shape index (κ1) is 17.6. The summed E-state index contributed by atoms with van der Waals surface area (Å²) in [6, 6.07) is 9.43. The van der Waals surface area contributed by atoms with Crippen LogP contribution in [0.2, 0.25) is 0 Å². The molecule has 2 aromatic heterocycles. The van der Waals surface area contributed by atoms with Crippen molar-refractivity contribution in [3.8, 4) is 0 Å². The van der Waals surface area contributed by atoms with Gasteiger partial charge in [0, 0.05) is 12.8 Å². The molecule has 0 saturated carbocycles. The number of nitrogens with one attached hydrogen (secondary N) is 1. The summed E-state index contributed by atoms with van der Waals surface area (Å²) >= 11 is 0. The molecule has 27 heavy (non-hydrogen) atoms. The average molecular weight is 372 g/mol. The summed E-state index contributed by atoms with van der Waals surface area (Å²) in [6.07, 6.45) is -1.68. The molecule has 10 heteroatoms. The Morgan fingerprint density at radius 3 is 2.74 bits per heavy atom. The number of aliphatic hydroxyl groups is 2. The van der Waals surface area contributed by atoms with Crippen molar-refractivity contribution in [2.75, 3.05) is 24.8 Å². The first-order valence-electron chi connectivity index (χ1n) is 8.41. The maximum absolute atomic E-state index is 10.6. The standard InChI is InChI=1S/C17H20N6O4/c1-26-13-10(7-24)27-16(12(13)25)23-8-19-11-14(18)21-17(22-15(11)23)20-9-5-3-2-4-6-9/h2-6,8,10,12-13,16,24-25H,7H2,1H3,(H3,18,20,21,22)/t10-,12-,13-,16-/m1/s1. The second kappa shape index (κ2) is 7.08. The van der Waals surface area contributed by atoms with Gasteiger partial charge in [-0.1, -0.05) is 18.2 Å². The number of imidazole rings is 1. The third-order valence-corrected chi connectivity index (χ3v) is 4.51. The molecule has 4 atom stereocenters. The zero-order chi connectivity index (χ0) is 19.0. The van der Waals surface area contributed by atoms with Crippen LogP contribution in [0.15, 0.2) is 36.7 Å². The van der Waals surface area contributed by atoms with Crippen molar-refractivity contribution in [3.05, 3.63) is 36.7 Å². The van der Waals surface area contributed by atoms with E-state index in [9.17, 15) is 10.2 Å². The number of benzene rings is 1. The topological polar surface area (TPSA) is 141 Å². The summed E-state index contributed by atoms with van der Waals surface area (Å²) in [5.74, 6) is 0.495. The van der Waals surface area contributed by atoms with Gasteiger partial charge in [0.15, 0.2) is 17.7 Å². The van der Waals surface area contributed by atoms with Crippen LogP contribution in [-0.4, -0.2) is 61.8 Å². The molecule has 5 N–H and O–H groups in total. The van der Waals surface area contributed by atoms with Crippen LogP contribution in [0.4, 0.5) is 17.5 Å². The number of hydrogen-bond acceptors (Lipinski definition) is 9. The van der Waals surface area contributed by atoms with Crippen LogP contribution in [0.25, 0.3) is 11.2 Å². The summed E-state index contributed by atoms with van der Waals surface area (Å²) in [4.78, 5) is 12.9. The number of aromatic nitrogens is 4. The molecule has 1 aliphatic heterocycles. The summed E-state index contributed by atoms with van der Waals surface area (Å²) < 4.78 is 12.6. The van der Waals surface area contributed by atoms with Crippen molar-refractivity contribution in [3.63, 3.8) is 0 Å². The number of fused-ring (bicyclic) bond motifs is 1. The van der Waals surface area contributed by atoms with Gasteiger partial charge in [0.25, 0.3) is 0 Å². The second-order valence-corrected chi connectivity index (χ2v) is 6.19. The Bertz CT molecular complexity index is 934. The van der Waals surface area contributed by atoms with Crippen LogP contribution < -0.4 is 11.1 Å². The van der Waals surface area contributed by atoms with E-state index in [1.807, 2.05) is 30.3 Å². The number of hydrogen-bond donors (Lipinski definition) is 4. The number of nitrogen functional groups attached to an aromatic ring is 1. The van der Waals surface area contributed by atoms with Crippen molar-refractivity contribution in [1.29, 1.82) is 0 Å². The molecule has 10 nitrogen and oxygen atoms in total. The van der Waals surface area contributed by atoms with Gasteiger partial charge in [0.2, 0.25) is 5.95 Å². The molecule has 3 aromatic rings. The van der Waals surface area contributed by atoms with Gasteiger partial charge in [-0.3, -0.25) is 4.57 Å². The largest absolute Gasteiger partial charge is 0.394 e. The lowest BCUT2D eigenvalue weighted by atomic mass is 10.1. The number of para-hydroxylation sites is 1. The van der Waals surface area contributed by atoms with Crippen LogP contribution in [0.1, 0.15) is 6.23 Å². The Morgan fingerprint density at radius 1 is 1.30 bits per heavy atom. The molecule has 1 aromatic carbocycles. The minimum absolute atomic E-state index is 0.201. The monoisotopic (exact) mass is 372 g/mol. The number of anilines is 3. The smallest absolute Gasteiger partial charge is 0.231 e.